The molecule has 0 bridgehead atoms. The number of ether oxygens (including phenoxy) is 1. The quantitative estimate of drug-likeness (QED) is 0.729. The molecule has 2 aromatic rings. The summed E-state index contributed by atoms with van der Waals surface area (Å²) in [5, 5.41) is 5.29. The molecule has 2 amide bonds. The highest BCUT2D eigenvalue weighted by Gasteiger charge is 2.33. The molecule has 0 radical (unpaired) electrons. The van der Waals surface area contributed by atoms with E-state index in [4.69, 9.17) is 4.74 Å². The maximum absolute atomic E-state index is 13.5. The van der Waals surface area contributed by atoms with Gasteiger partial charge in [0, 0.05) is 30.9 Å². The molecule has 2 N–H and O–H groups in total. The van der Waals surface area contributed by atoms with Crippen LogP contribution in [0.4, 0.5) is 15.8 Å². The third-order valence-electron chi connectivity index (χ3n) is 5.52. The van der Waals surface area contributed by atoms with Crippen molar-refractivity contribution in [3.8, 4) is 0 Å². The van der Waals surface area contributed by atoms with Crippen molar-refractivity contribution in [2.45, 2.75) is 43.3 Å². The maximum atomic E-state index is 13.5. The minimum Gasteiger partial charge on any atom is -0.373 e. The van der Waals surface area contributed by atoms with Crippen molar-refractivity contribution >= 4 is 33.2 Å². The number of rotatable bonds is 4. The summed E-state index contributed by atoms with van der Waals surface area (Å²) < 4.78 is 46.4. The van der Waals surface area contributed by atoms with Crippen LogP contribution in [0.5, 0.6) is 0 Å². The van der Waals surface area contributed by atoms with Crippen LogP contribution in [0.2, 0.25) is 0 Å². The minimum atomic E-state index is -3.69. The van der Waals surface area contributed by atoms with Gasteiger partial charge in [0.05, 0.1) is 23.0 Å². The Bertz CT molecular complexity index is 1140. The zero-order chi connectivity index (χ0) is 23.0. The molecule has 2 aliphatic heterocycles. The van der Waals surface area contributed by atoms with Gasteiger partial charge >= 0.3 is 0 Å². The summed E-state index contributed by atoms with van der Waals surface area (Å²) in [4.78, 5) is 24.9. The highest BCUT2D eigenvalue weighted by molar-refractivity contribution is 7.89. The lowest BCUT2D eigenvalue weighted by molar-refractivity contribution is -0.123. The van der Waals surface area contributed by atoms with Gasteiger partial charge in [0.2, 0.25) is 21.8 Å². The second kappa shape index (κ2) is 8.61. The number of fused-ring (bicyclic) bond motifs is 1. The maximum Gasteiger partial charge on any atom is 0.243 e. The summed E-state index contributed by atoms with van der Waals surface area (Å²) in [7, 11) is -3.69. The van der Waals surface area contributed by atoms with E-state index in [2.05, 4.69) is 10.6 Å². The van der Waals surface area contributed by atoms with Crippen LogP contribution in [0.3, 0.4) is 0 Å². The molecule has 0 saturated carbocycles. The van der Waals surface area contributed by atoms with Gasteiger partial charge in [-0.05, 0) is 55.8 Å². The van der Waals surface area contributed by atoms with Crippen LogP contribution >= 0.6 is 0 Å². The predicted molar refractivity (Wildman–Crippen MR) is 116 cm³/mol. The molecular weight excluding hydrogens is 437 g/mol. The highest BCUT2D eigenvalue weighted by Crippen LogP contribution is 2.33. The monoisotopic (exact) mass is 461 g/mol. The van der Waals surface area contributed by atoms with Crippen LogP contribution in [0.1, 0.15) is 31.7 Å². The van der Waals surface area contributed by atoms with Crippen LogP contribution in [-0.4, -0.2) is 49.8 Å². The molecule has 3 atom stereocenters. The summed E-state index contributed by atoms with van der Waals surface area (Å²) in [5.74, 6) is -2.09. The average Bonchev–Trinajstić information content (AvgIpc) is 2.72. The Morgan fingerprint density at radius 1 is 1.12 bits per heavy atom. The highest BCUT2D eigenvalue weighted by atomic mass is 32.2. The molecule has 0 unspecified atom stereocenters. The molecule has 1 saturated heterocycles. The van der Waals surface area contributed by atoms with Crippen molar-refractivity contribution in [2.75, 3.05) is 23.7 Å². The zero-order valence-corrected chi connectivity index (χ0v) is 18.5. The number of halogens is 1. The van der Waals surface area contributed by atoms with Gasteiger partial charge in [-0.1, -0.05) is 6.07 Å². The van der Waals surface area contributed by atoms with Gasteiger partial charge in [0.1, 0.15) is 5.82 Å². The number of morpholine rings is 1. The number of nitrogens with one attached hydrogen (secondary N) is 2. The Labute approximate surface area is 185 Å². The predicted octanol–water partition coefficient (Wildman–Crippen LogP) is 2.69. The minimum absolute atomic E-state index is 0.0652. The second-order valence-electron chi connectivity index (χ2n) is 8.13. The van der Waals surface area contributed by atoms with Crippen LogP contribution in [0, 0.1) is 5.82 Å². The van der Waals surface area contributed by atoms with Crippen LogP contribution < -0.4 is 10.6 Å². The van der Waals surface area contributed by atoms with Crippen molar-refractivity contribution in [1.29, 1.82) is 0 Å². The first-order chi connectivity index (χ1) is 15.1. The Morgan fingerprint density at radius 3 is 2.44 bits per heavy atom. The lowest BCUT2D eigenvalue weighted by Gasteiger charge is -2.34. The van der Waals surface area contributed by atoms with E-state index in [0.717, 1.165) is 0 Å². The number of sulfonamides is 1. The van der Waals surface area contributed by atoms with E-state index in [9.17, 15) is 22.4 Å². The number of hydrogen-bond acceptors (Lipinski definition) is 5. The molecule has 2 aromatic carbocycles. The third-order valence-corrected chi connectivity index (χ3v) is 7.36. The van der Waals surface area contributed by atoms with E-state index in [0.29, 0.717) is 11.3 Å². The standard InChI is InChI=1S/C22H24FN3O5S/c1-13-11-26(12-14(2)31-13)32(29,30)17-6-4-16(5-7-17)24-22(28)19-10-21(27)25-20-9-15(23)3-8-18(19)20/h3-9,13-14,19H,10-12H2,1-2H3,(H,24,28)(H,25,27)/t13-,14+,19-/m0/s1. The van der Waals surface area contributed by atoms with Crippen LogP contribution in [-0.2, 0) is 24.3 Å². The summed E-state index contributed by atoms with van der Waals surface area (Å²) in [6.45, 7) is 4.20. The van der Waals surface area contributed by atoms with E-state index >= 15 is 0 Å². The fourth-order valence-electron chi connectivity index (χ4n) is 4.09. The molecule has 10 heteroatoms. The summed E-state index contributed by atoms with van der Waals surface area (Å²) in [6, 6.07) is 9.79. The van der Waals surface area contributed by atoms with Gasteiger partial charge in [-0.2, -0.15) is 4.31 Å². The molecule has 0 aliphatic carbocycles. The number of amides is 2. The first-order valence-electron chi connectivity index (χ1n) is 10.3. The van der Waals surface area contributed by atoms with E-state index < -0.39 is 27.7 Å². The number of hydrogen-bond donors (Lipinski definition) is 2. The van der Waals surface area contributed by atoms with E-state index in [-0.39, 0.29) is 48.2 Å². The molecule has 32 heavy (non-hydrogen) atoms. The number of nitrogens with zero attached hydrogens (tertiary/aromatic N) is 1. The van der Waals surface area contributed by atoms with Crippen molar-refractivity contribution in [3.63, 3.8) is 0 Å². The largest absolute Gasteiger partial charge is 0.373 e. The normalized spacial score (nSPS) is 23.8. The first kappa shape index (κ1) is 22.4. The molecule has 2 aliphatic rings. The van der Waals surface area contributed by atoms with Crippen LogP contribution in [0.15, 0.2) is 47.4 Å². The molecule has 1 fully saturated rings. The third kappa shape index (κ3) is 4.52. The molecule has 170 valence electrons. The Balaban J connectivity index is 1.50. The van der Waals surface area contributed by atoms with Crippen molar-refractivity contribution in [3.05, 3.63) is 53.8 Å². The number of carbonyl (C=O) groups excluding carboxylic acids is 2. The SMILES string of the molecule is C[C@@H]1CN(S(=O)(=O)c2ccc(NC(=O)[C@H]3CC(=O)Nc4cc(F)ccc43)cc2)C[C@H](C)O1. The lowest BCUT2D eigenvalue weighted by atomic mass is 9.89. The Morgan fingerprint density at radius 2 is 1.78 bits per heavy atom. The van der Waals surface area contributed by atoms with Gasteiger partial charge in [0.15, 0.2) is 0 Å². The molecule has 0 spiro atoms. The van der Waals surface area contributed by atoms with Gasteiger partial charge in [0.25, 0.3) is 0 Å². The Hall–Kier alpha value is -2.82. The smallest absolute Gasteiger partial charge is 0.243 e. The molecule has 8 nitrogen and oxygen atoms in total. The van der Waals surface area contributed by atoms with Crippen molar-refractivity contribution in [2.24, 2.45) is 0 Å². The molecular formula is C22H24FN3O5S. The topological polar surface area (TPSA) is 105 Å². The number of anilines is 2. The van der Waals surface area contributed by atoms with Gasteiger partial charge in [-0.25, -0.2) is 12.8 Å². The van der Waals surface area contributed by atoms with E-state index in [1.165, 1.54) is 46.8 Å². The first-order valence-corrected chi connectivity index (χ1v) is 11.7. The van der Waals surface area contributed by atoms with Gasteiger partial charge in [-0.3, -0.25) is 9.59 Å². The van der Waals surface area contributed by atoms with Crippen molar-refractivity contribution < 1.29 is 27.1 Å². The van der Waals surface area contributed by atoms with Crippen LogP contribution in [0.25, 0.3) is 0 Å². The fraction of sp³-hybridized carbons (Fsp3) is 0.364. The van der Waals surface area contributed by atoms with Gasteiger partial charge in [-0.15, -0.1) is 0 Å². The van der Waals surface area contributed by atoms with Gasteiger partial charge < -0.3 is 15.4 Å². The van der Waals surface area contributed by atoms with E-state index in [1.54, 1.807) is 0 Å². The molecule has 2 heterocycles. The second-order valence-corrected chi connectivity index (χ2v) is 10.1. The lowest BCUT2D eigenvalue weighted by Crippen LogP contribution is -2.48. The summed E-state index contributed by atoms with van der Waals surface area (Å²) in [5.41, 5.74) is 1.20. The number of carbonyl (C=O) groups is 2. The fourth-order valence-corrected chi connectivity index (χ4v) is 5.68. The summed E-state index contributed by atoms with van der Waals surface area (Å²) >= 11 is 0. The molecule has 0 aromatic heterocycles. The van der Waals surface area contributed by atoms with E-state index in [1.807, 2.05) is 13.8 Å². The molecule has 4 rings (SSSR count). The average molecular weight is 462 g/mol. The van der Waals surface area contributed by atoms with Crippen molar-refractivity contribution in [1.82, 2.24) is 4.31 Å². The zero-order valence-electron chi connectivity index (χ0n) is 17.7. The Kier molecular flexibility index (Phi) is 6.02. The summed E-state index contributed by atoms with van der Waals surface area (Å²) in [6.07, 6.45) is -0.461. The number of benzene rings is 2.